The molecule has 1 fully saturated rings. The number of β-lactam (4-membered cyclic amide) rings is 1. The third-order valence-corrected chi connectivity index (χ3v) is 6.64. The van der Waals surface area contributed by atoms with Gasteiger partial charge in [-0.15, -0.1) is 0 Å². The number of non-ortho nitro benzene ring substituents is 1. The van der Waals surface area contributed by atoms with Crippen LogP contribution >= 0.6 is 11.8 Å². The second-order valence-corrected chi connectivity index (χ2v) is 9.17. The SMILES string of the molecule is CC(C)C1C(=O)N2C(C(=O)OCc3ccc([N+](=O)[O-])cc3)=C(Sc3ncc([N+](=O)[O-])cn3)CC12. The standard InChI is InChI=1S/C21H19N5O7S/c1-11(2)17-15-7-16(34-21-22-8-14(9-23-21)26(31)32)18(24(15)19(17)27)20(28)33-10-12-3-5-13(6-4-12)25(29)30/h3-6,8-9,11,15,17H,7,10H2,1-2H3. The van der Waals surface area contributed by atoms with Crippen LogP contribution in [-0.4, -0.2) is 42.6 Å². The van der Waals surface area contributed by atoms with Crippen molar-refractivity contribution in [1.82, 2.24) is 14.9 Å². The molecule has 0 saturated carbocycles. The first-order valence-corrected chi connectivity index (χ1v) is 11.1. The van der Waals surface area contributed by atoms with E-state index in [2.05, 4.69) is 9.97 Å². The highest BCUT2D eigenvalue weighted by atomic mass is 32.2. The molecule has 34 heavy (non-hydrogen) atoms. The highest BCUT2D eigenvalue weighted by Crippen LogP contribution is 2.49. The third kappa shape index (κ3) is 4.33. The Morgan fingerprint density at radius 2 is 1.76 bits per heavy atom. The number of hydrogen-bond donors (Lipinski definition) is 0. The Morgan fingerprint density at radius 3 is 2.32 bits per heavy atom. The summed E-state index contributed by atoms with van der Waals surface area (Å²) in [5.41, 5.74) is 0.327. The highest BCUT2D eigenvalue weighted by molar-refractivity contribution is 8.03. The van der Waals surface area contributed by atoms with Gasteiger partial charge in [0.15, 0.2) is 5.16 Å². The van der Waals surface area contributed by atoms with E-state index in [1.54, 1.807) is 0 Å². The minimum Gasteiger partial charge on any atom is -0.456 e. The minimum atomic E-state index is -0.708. The van der Waals surface area contributed by atoms with Crippen molar-refractivity contribution in [3.8, 4) is 0 Å². The largest absolute Gasteiger partial charge is 0.456 e. The molecule has 0 aliphatic carbocycles. The molecule has 1 aromatic heterocycles. The zero-order valence-electron chi connectivity index (χ0n) is 18.1. The lowest BCUT2D eigenvalue weighted by atomic mass is 9.79. The van der Waals surface area contributed by atoms with Gasteiger partial charge in [-0.1, -0.05) is 25.6 Å². The van der Waals surface area contributed by atoms with Crippen molar-refractivity contribution >= 4 is 35.0 Å². The molecule has 176 valence electrons. The predicted molar refractivity (Wildman–Crippen MR) is 118 cm³/mol. The molecule has 0 bridgehead atoms. The molecule has 1 aromatic carbocycles. The number of nitrogens with zero attached hydrogens (tertiary/aromatic N) is 5. The van der Waals surface area contributed by atoms with Gasteiger partial charge in [-0.2, -0.15) is 0 Å². The van der Waals surface area contributed by atoms with E-state index in [1.165, 1.54) is 29.2 Å². The number of benzene rings is 1. The summed E-state index contributed by atoms with van der Waals surface area (Å²) in [7, 11) is 0. The smallest absolute Gasteiger partial charge is 0.356 e. The Kier molecular flexibility index (Phi) is 6.28. The summed E-state index contributed by atoms with van der Waals surface area (Å²) in [6, 6.07) is 5.42. The van der Waals surface area contributed by atoms with Crippen molar-refractivity contribution in [2.24, 2.45) is 11.8 Å². The molecule has 13 heteroatoms. The number of carbonyl (C=O) groups is 2. The van der Waals surface area contributed by atoms with Crippen LogP contribution < -0.4 is 0 Å². The molecule has 2 aromatic rings. The number of thioether (sulfide) groups is 1. The van der Waals surface area contributed by atoms with Crippen LogP contribution in [0.3, 0.4) is 0 Å². The molecule has 0 radical (unpaired) electrons. The lowest BCUT2D eigenvalue weighted by molar-refractivity contribution is -0.385. The Labute approximate surface area is 197 Å². The number of nitro benzene ring substituents is 1. The molecule has 3 heterocycles. The van der Waals surface area contributed by atoms with Gasteiger partial charge in [0.05, 0.1) is 21.8 Å². The van der Waals surface area contributed by atoms with Gasteiger partial charge in [0.2, 0.25) is 5.91 Å². The average molecular weight is 485 g/mol. The molecule has 2 aliphatic rings. The first-order chi connectivity index (χ1) is 16.2. The Morgan fingerprint density at radius 1 is 1.15 bits per heavy atom. The maximum atomic E-state index is 13.0. The van der Waals surface area contributed by atoms with E-state index in [4.69, 9.17) is 4.74 Å². The maximum absolute atomic E-state index is 13.0. The topological polar surface area (TPSA) is 159 Å². The van der Waals surface area contributed by atoms with Gasteiger partial charge < -0.3 is 9.64 Å². The molecule has 12 nitrogen and oxygen atoms in total. The number of nitro groups is 2. The number of amides is 1. The second-order valence-electron chi connectivity index (χ2n) is 8.10. The quantitative estimate of drug-likeness (QED) is 0.179. The normalized spacial score (nSPS) is 19.1. The zero-order chi connectivity index (χ0) is 24.6. The van der Waals surface area contributed by atoms with E-state index in [1.807, 2.05) is 13.8 Å². The summed E-state index contributed by atoms with van der Waals surface area (Å²) < 4.78 is 5.42. The summed E-state index contributed by atoms with van der Waals surface area (Å²) >= 11 is 1.06. The summed E-state index contributed by atoms with van der Waals surface area (Å²) in [6.45, 7) is 3.75. The van der Waals surface area contributed by atoms with Gasteiger partial charge in [0.1, 0.15) is 24.7 Å². The Bertz CT molecular complexity index is 1200. The Balaban J connectivity index is 1.55. The summed E-state index contributed by atoms with van der Waals surface area (Å²) in [5.74, 6) is -1.01. The van der Waals surface area contributed by atoms with E-state index >= 15 is 0 Å². The van der Waals surface area contributed by atoms with Crippen molar-refractivity contribution in [3.63, 3.8) is 0 Å². The van der Waals surface area contributed by atoms with Crippen molar-refractivity contribution in [1.29, 1.82) is 0 Å². The summed E-state index contributed by atoms with van der Waals surface area (Å²) in [6.07, 6.45) is 2.57. The lowest BCUT2D eigenvalue weighted by Gasteiger charge is -2.45. The predicted octanol–water partition coefficient (Wildman–Crippen LogP) is 3.23. The van der Waals surface area contributed by atoms with Crippen molar-refractivity contribution in [2.45, 2.75) is 38.1 Å². The van der Waals surface area contributed by atoms with Gasteiger partial charge in [-0.25, -0.2) is 14.8 Å². The Hall–Kier alpha value is -3.87. The lowest BCUT2D eigenvalue weighted by Crippen LogP contribution is -2.60. The molecular weight excluding hydrogens is 466 g/mol. The van der Waals surface area contributed by atoms with Gasteiger partial charge in [0.25, 0.3) is 5.69 Å². The first kappa shape index (κ1) is 23.3. The average Bonchev–Trinajstić information content (AvgIpc) is 3.11. The monoisotopic (exact) mass is 485 g/mol. The number of hydrogen-bond acceptors (Lipinski definition) is 10. The van der Waals surface area contributed by atoms with E-state index in [0.717, 1.165) is 24.2 Å². The van der Waals surface area contributed by atoms with E-state index < -0.39 is 15.8 Å². The second kappa shape index (κ2) is 9.17. The number of carbonyl (C=O) groups excluding carboxylic acids is 2. The van der Waals surface area contributed by atoms with Crippen LogP contribution in [0.2, 0.25) is 0 Å². The molecule has 2 aliphatic heterocycles. The zero-order valence-corrected chi connectivity index (χ0v) is 18.9. The molecule has 1 saturated heterocycles. The molecule has 0 spiro atoms. The maximum Gasteiger partial charge on any atom is 0.356 e. The number of rotatable bonds is 8. The van der Waals surface area contributed by atoms with Crippen molar-refractivity contribution in [2.75, 3.05) is 0 Å². The minimum absolute atomic E-state index is 0.0795. The molecule has 1 amide bonds. The fraction of sp³-hybridized carbons (Fsp3) is 0.333. The van der Waals surface area contributed by atoms with Crippen LogP contribution in [0, 0.1) is 32.1 Å². The van der Waals surface area contributed by atoms with Crippen LogP contribution in [0.25, 0.3) is 0 Å². The van der Waals surface area contributed by atoms with Crippen LogP contribution in [0.5, 0.6) is 0 Å². The number of aromatic nitrogens is 2. The first-order valence-electron chi connectivity index (χ1n) is 10.3. The highest BCUT2D eigenvalue weighted by Gasteiger charge is 2.56. The van der Waals surface area contributed by atoms with Gasteiger partial charge in [-0.05, 0) is 23.6 Å². The van der Waals surface area contributed by atoms with Gasteiger partial charge in [-0.3, -0.25) is 25.0 Å². The van der Waals surface area contributed by atoms with Gasteiger partial charge in [0, 0.05) is 23.5 Å². The third-order valence-electron chi connectivity index (χ3n) is 5.64. The van der Waals surface area contributed by atoms with Crippen molar-refractivity contribution < 1.29 is 24.2 Å². The molecule has 4 rings (SSSR count). The van der Waals surface area contributed by atoms with Crippen LogP contribution in [0.15, 0.2) is 52.4 Å². The molecule has 2 atom stereocenters. The van der Waals surface area contributed by atoms with Crippen LogP contribution in [0.1, 0.15) is 25.8 Å². The fourth-order valence-corrected chi connectivity index (χ4v) is 4.98. The number of fused-ring (bicyclic) bond motifs is 1. The van der Waals surface area contributed by atoms with Crippen LogP contribution in [0.4, 0.5) is 11.4 Å². The summed E-state index contributed by atoms with van der Waals surface area (Å²) in [4.78, 5) is 56.3. The van der Waals surface area contributed by atoms with Gasteiger partial charge >= 0.3 is 11.7 Å². The molecule has 0 N–H and O–H groups in total. The van der Waals surface area contributed by atoms with E-state index in [0.29, 0.717) is 16.9 Å². The molecule has 2 unspecified atom stereocenters. The van der Waals surface area contributed by atoms with Crippen molar-refractivity contribution in [3.05, 3.63) is 73.1 Å². The van der Waals surface area contributed by atoms with E-state index in [9.17, 15) is 29.8 Å². The van der Waals surface area contributed by atoms with E-state index in [-0.39, 0.29) is 52.6 Å². The molecular formula is C21H19N5O7S. The number of ether oxygens (including phenoxy) is 1. The van der Waals surface area contributed by atoms with Crippen LogP contribution in [-0.2, 0) is 20.9 Å². The fourth-order valence-electron chi connectivity index (χ4n) is 4.01. The number of esters is 1. The summed E-state index contributed by atoms with van der Waals surface area (Å²) in [5, 5.41) is 21.8.